The SMILES string of the molecule is Cn1nc2c(c1C=Cc1ncc(C(=O)O)s1)CCCC2. The third kappa shape index (κ3) is 2.38. The third-order valence-electron chi connectivity index (χ3n) is 3.49. The first-order valence-electron chi connectivity index (χ1n) is 6.57. The summed E-state index contributed by atoms with van der Waals surface area (Å²) in [7, 11) is 1.95. The van der Waals surface area contributed by atoms with Crippen molar-refractivity contribution in [3.8, 4) is 0 Å². The first-order chi connectivity index (χ1) is 9.65. The minimum atomic E-state index is -0.930. The van der Waals surface area contributed by atoms with Gasteiger partial charge >= 0.3 is 5.97 Å². The number of carboxylic acids is 1. The number of aryl methyl sites for hydroxylation is 2. The van der Waals surface area contributed by atoms with E-state index in [0.29, 0.717) is 5.01 Å². The predicted octanol–water partition coefficient (Wildman–Crippen LogP) is 2.62. The fraction of sp³-hybridized carbons (Fsp3) is 0.357. The van der Waals surface area contributed by atoms with Crippen molar-refractivity contribution in [3.05, 3.63) is 33.0 Å². The molecule has 0 aromatic carbocycles. The molecule has 5 nitrogen and oxygen atoms in total. The zero-order valence-corrected chi connectivity index (χ0v) is 12.0. The molecule has 0 amide bonds. The van der Waals surface area contributed by atoms with Crippen molar-refractivity contribution < 1.29 is 9.90 Å². The van der Waals surface area contributed by atoms with Crippen LogP contribution in [-0.4, -0.2) is 25.8 Å². The van der Waals surface area contributed by atoms with Gasteiger partial charge in [-0.15, -0.1) is 11.3 Å². The van der Waals surface area contributed by atoms with Gasteiger partial charge in [-0.25, -0.2) is 9.78 Å². The zero-order chi connectivity index (χ0) is 14.1. The molecule has 0 spiro atoms. The topological polar surface area (TPSA) is 68.0 Å². The molecule has 0 fully saturated rings. The molecule has 2 aromatic heterocycles. The minimum Gasteiger partial charge on any atom is -0.477 e. The van der Waals surface area contributed by atoms with Crippen LogP contribution in [0, 0.1) is 0 Å². The van der Waals surface area contributed by atoms with Crippen LogP contribution in [0.5, 0.6) is 0 Å². The van der Waals surface area contributed by atoms with Gasteiger partial charge in [-0.1, -0.05) is 0 Å². The van der Waals surface area contributed by atoms with Gasteiger partial charge in [0.1, 0.15) is 9.88 Å². The Balaban J connectivity index is 1.88. The lowest BCUT2D eigenvalue weighted by atomic mass is 9.96. The van der Waals surface area contributed by atoms with Crippen molar-refractivity contribution in [2.24, 2.45) is 7.05 Å². The van der Waals surface area contributed by atoms with Crippen LogP contribution in [-0.2, 0) is 19.9 Å². The van der Waals surface area contributed by atoms with E-state index in [9.17, 15) is 4.79 Å². The standard InChI is InChI=1S/C14H15N3O2S/c1-17-11(9-4-2-3-5-10(9)16-17)6-7-13-15-8-12(20-13)14(18)19/h6-8H,2-5H2,1H3,(H,18,19). The van der Waals surface area contributed by atoms with Crippen molar-refractivity contribution in [1.29, 1.82) is 0 Å². The Labute approximate surface area is 120 Å². The lowest BCUT2D eigenvalue weighted by Gasteiger charge is -2.09. The van der Waals surface area contributed by atoms with Crippen LogP contribution in [0.3, 0.4) is 0 Å². The number of aromatic carboxylic acids is 1. The summed E-state index contributed by atoms with van der Waals surface area (Å²) in [6, 6.07) is 0. The summed E-state index contributed by atoms with van der Waals surface area (Å²) in [5.41, 5.74) is 3.63. The van der Waals surface area contributed by atoms with Crippen LogP contribution in [0.15, 0.2) is 6.20 Å². The van der Waals surface area contributed by atoms with Crippen molar-refractivity contribution in [1.82, 2.24) is 14.8 Å². The van der Waals surface area contributed by atoms with E-state index in [2.05, 4.69) is 10.1 Å². The second-order valence-electron chi connectivity index (χ2n) is 4.84. The van der Waals surface area contributed by atoms with Gasteiger partial charge in [0.25, 0.3) is 0 Å². The third-order valence-corrected chi connectivity index (χ3v) is 4.44. The van der Waals surface area contributed by atoms with E-state index < -0.39 is 5.97 Å². The molecule has 1 aliphatic rings. The van der Waals surface area contributed by atoms with Gasteiger partial charge in [-0.2, -0.15) is 5.10 Å². The average Bonchev–Trinajstić information content (AvgIpc) is 3.00. The Bertz CT molecular complexity index is 685. The van der Waals surface area contributed by atoms with E-state index in [1.807, 2.05) is 23.9 Å². The number of hydrogen-bond donors (Lipinski definition) is 1. The highest BCUT2D eigenvalue weighted by Gasteiger charge is 2.17. The fourth-order valence-corrected chi connectivity index (χ4v) is 3.19. The number of nitrogens with zero attached hydrogens (tertiary/aromatic N) is 3. The first kappa shape index (κ1) is 13.1. The normalized spacial score (nSPS) is 14.7. The highest BCUT2D eigenvalue weighted by molar-refractivity contribution is 7.14. The van der Waals surface area contributed by atoms with Gasteiger partial charge in [0.05, 0.1) is 17.6 Å². The van der Waals surface area contributed by atoms with Crippen LogP contribution >= 0.6 is 11.3 Å². The zero-order valence-electron chi connectivity index (χ0n) is 11.2. The number of hydrogen-bond acceptors (Lipinski definition) is 4. The summed E-state index contributed by atoms with van der Waals surface area (Å²) >= 11 is 1.18. The fourth-order valence-electron chi connectivity index (χ4n) is 2.53. The van der Waals surface area contributed by atoms with Crippen molar-refractivity contribution in [2.45, 2.75) is 25.7 Å². The molecule has 2 aromatic rings. The smallest absolute Gasteiger partial charge is 0.347 e. The molecule has 6 heteroatoms. The van der Waals surface area contributed by atoms with E-state index >= 15 is 0 Å². The molecular formula is C14H15N3O2S. The monoisotopic (exact) mass is 289 g/mol. The molecule has 104 valence electrons. The van der Waals surface area contributed by atoms with E-state index in [0.717, 1.165) is 18.5 Å². The quantitative estimate of drug-likeness (QED) is 0.943. The molecule has 20 heavy (non-hydrogen) atoms. The summed E-state index contributed by atoms with van der Waals surface area (Å²) < 4.78 is 1.90. The van der Waals surface area contributed by atoms with Gasteiger partial charge in [-0.3, -0.25) is 4.68 Å². The highest BCUT2D eigenvalue weighted by Crippen LogP contribution is 2.25. The van der Waals surface area contributed by atoms with Gasteiger partial charge in [0, 0.05) is 12.6 Å². The van der Waals surface area contributed by atoms with E-state index in [-0.39, 0.29) is 4.88 Å². The van der Waals surface area contributed by atoms with Gasteiger partial charge in [0.15, 0.2) is 0 Å². The summed E-state index contributed by atoms with van der Waals surface area (Å²) in [6.07, 6.45) is 9.79. The lowest BCUT2D eigenvalue weighted by molar-refractivity contribution is 0.0702. The summed E-state index contributed by atoms with van der Waals surface area (Å²) in [5, 5.41) is 14.1. The van der Waals surface area contributed by atoms with Crippen LogP contribution in [0.25, 0.3) is 12.2 Å². The van der Waals surface area contributed by atoms with E-state index in [1.165, 1.54) is 41.6 Å². The Hall–Kier alpha value is -1.95. The van der Waals surface area contributed by atoms with Crippen molar-refractivity contribution in [2.75, 3.05) is 0 Å². The Kier molecular flexibility index (Phi) is 3.40. The van der Waals surface area contributed by atoms with Gasteiger partial charge in [0.2, 0.25) is 0 Å². The van der Waals surface area contributed by atoms with Gasteiger partial charge < -0.3 is 5.11 Å². The van der Waals surface area contributed by atoms with Crippen LogP contribution in [0.2, 0.25) is 0 Å². The van der Waals surface area contributed by atoms with Crippen molar-refractivity contribution in [3.63, 3.8) is 0 Å². The number of carbonyl (C=O) groups is 1. The largest absolute Gasteiger partial charge is 0.477 e. The van der Waals surface area contributed by atoms with Crippen LogP contribution < -0.4 is 0 Å². The van der Waals surface area contributed by atoms with Crippen molar-refractivity contribution >= 4 is 29.5 Å². The first-order valence-corrected chi connectivity index (χ1v) is 7.39. The molecule has 0 atom stereocenters. The summed E-state index contributed by atoms with van der Waals surface area (Å²) in [6.45, 7) is 0. The average molecular weight is 289 g/mol. The molecule has 2 heterocycles. The molecule has 0 bridgehead atoms. The molecule has 1 N–H and O–H groups in total. The maximum absolute atomic E-state index is 10.8. The number of fused-ring (bicyclic) bond motifs is 1. The molecule has 0 aliphatic heterocycles. The molecular weight excluding hydrogens is 274 g/mol. The predicted molar refractivity (Wildman–Crippen MR) is 77.9 cm³/mol. The van der Waals surface area contributed by atoms with E-state index in [4.69, 9.17) is 5.11 Å². The van der Waals surface area contributed by atoms with Crippen LogP contribution in [0.1, 0.15) is 44.5 Å². The van der Waals surface area contributed by atoms with Crippen LogP contribution in [0.4, 0.5) is 0 Å². The highest BCUT2D eigenvalue weighted by atomic mass is 32.1. The molecule has 0 radical (unpaired) electrons. The molecule has 1 aliphatic carbocycles. The minimum absolute atomic E-state index is 0.261. The second-order valence-corrected chi connectivity index (χ2v) is 5.90. The maximum Gasteiger partial charge on any atom is 0.347 e. The number of carboxylic acid groups (broad SMARTS) is 1. The molecule has 0 saturated heterocycles. The van der Waals surface area contributed by atoms with E-state index in [1.54, 1.807) is 0 Å². The molecule has 0 saturated carbocycles. The maximum atomic E-state index is 10.8. The number of aromatic nitrogens is 3. The lowest BCUT2D eigenvalue weighted by Crippen LogP contribution is -2.00. The Morgan fingerprint density at radius 1 is 1.40 bits per heavy atom. The number of rotatable bonds is 3. The number of thiazole rings is 1. The molecule has 0 unspecified atom stereocenters. The molecule has 3 rings (SSSR count). The summed E-state index contributed by atoms with van der Waals surface area (Å²) in [4.78, 5) is 15.2. The second kappa shape index (κ2) is 5.20. The summed E-state index contributed by atoms with van der Waals surface area (Å²) in [5.74, 6) is -0.930. The van der Waals surface area contributed by atoms with Gasteiger partial charge in [-0.05, 0) is 37.8 Å². The Morgan fingerprint density at radius 2 is 2.20 bits per heavy atom. The Morgan fingerprint density at radius 3 is 2.95 bits per heavy atom.